The Labute approximate surface area is 125 Å². The van der Waals surface area contributed by atoms with Crippen LogP contribution in [0.4, 0.5) is 18.9 Å². The summed E-state index contributed by atoms with van der Waals surface area (Å²) in [5, 5.41) is 12.1. The standard InChI is InChI=1S/C15H15F3N2O2/c1-22-14-5-4-11(7-10(14)9-21)20-8-13-12(15(16,17)18)3-2-6-19-13/h2-7,20-21H,8-9H2,1H3. The second-order valence-electron chi connectivity index (χ2n) is 4.53. The van der Waals surface area contributed by atoms with E-state index in [-0.39, 0.29) is 18.8 Å². The van der Waals surface area contributed by atoms with E-state index in [0.29, 0.717) is 17.0 Å². The number of alkyl halides is 3. The van der Waals surface area contributed by atoms with E-state index in [1.54, 1.807) is 18.2 Å². The summed E-state index contributed by atoms with van der Waals surface area (Å²) in [6, 6.07) is 7.17. The zero-order valence-electron chi connectivity index (χ0n) is 11.8. The highest BCUT2D eigenvalue weighted by molar-refractivity contribution is 5.51. The van der Waals surface area contributed by atoms with E-state index in [0.717, 1.165) is 6.07 Å². The first-order valence-electron chi connectivity index (χ1n) is 6.48. The van der Waals surface area contributed by atoms with Crippen LogP contribution in [0.15, 0.2) is 36.5 Å². The fourth-order valence-corrected chi connectivity index (χ4v) is 2.03. The number of aliphatic hydroxyl groups excluding tert-OH is 1. The van der Waals surface area contributed by atoms with Gasteiger partial charge in [0.2, 0.25) is 0 Å². The molecule has 0 saturated carbocycles. The molecule has 2 N–H and O–H groups in total. The number of halogens is 3. The van der Waals surface area contributed by atoms with Crippen LogP contribution in [0.1, 0.15) is 16.8 Å². The molecule has 0 aliphatic heterocycles. The average molecular weight is 312 g/mol. The van der Waals surface area contributed by atoms with Crippen LogP contribution in [0.5, 0.6) is 5.75 Å². The molecule has 0 fully saturated rings. The van der Waals surface area contributed by atoms with Crippen molar-refractivity contribution in [1.29, 1.82) is 0 Å². The average Bonchev–Trinajstić information content (AvgIpc) is 2.52. The van der Waals surface area contributed by atoms with E-state index in [1.807, 2.05) is 0 Å². The highest BCUT2D eigenvalue weighted by Gasteiger charge is 2.33. The molecule has 0 bridgehead atoms. The Kier molecular flexibility index (Phi) is 4.87. The molecular formula is C15H15F3N2O2. The van der Waals surface area contributed by atoms with Crippen LogP contribution in [0, 0.1) is 0 Å². The predicted molar refractivity (Wildman–Crippen MR) is 75.5 cm³/mol. The summed E-state index contributed by atoms with van der Waals surface area (Å²) in [6.45, 7) is -0.303. The number of nitrogens with one attached hydrogen (secondary N) is 1. The second-order valence-corrected chi connectivity index (χ2v) is 4.53. The van der Waals surface area contributed by atoms with Gasteiger partial charge in [-0.25, -0.2) is 0 Å². The maximum atomic E-state index is 12.9. The molecule has 1 aromatic carbocycles. The van der Waals surface area contributed by atoms with Gasteiger partial charge in [-0.1, -0.05) is 0 Å². The number of nitrogens with zero attached hydrogens (tertiary/aromatic N) is 1. The monoisotopic (exact) mass is 312 g/mol. The highest BCUT2D eigenvalue weighted by atomic mass is 19.4. The molecule has 7 heteroatoms. The van der Waals surface area contributed by atoms with E-state index in [1.165, 1.54) is 19.4 Å². The predicted octanol–water partition coefficient (Wildman–Crippen LogP) is 3.21. The summed E-state index contributed by atoms with van der Waals surface area (Å²) in [5.41, 5.74) is 0.267. The smallest absolute Gasteiger partial charge is 0.418 e. The van der Waals surface area contributed by atoms with Crippen molar-refractivity contribution in [3.63, 3.8) is 0 Å². The van der Waals surface area contributed by atoms with Gasteiger partial charge in [0, 0.05) is 17.4 Å². The lowest BCUT2D eigenvalue weighted by Crippen LogP contribution is -2.13. The number of rotatable bonds is 5. The fraction of sp³-hybridized carbons (Fsp3) is 0.267. The van der Waals surface area contributed by atoms with Crippen molar-refractivity contribution in [3.05, 3.63) is 53.3 Å². The first-order chi connectivity index (χ1) is 10.5. The lowest BCUT2D eigenvalue weighted by Gasteiger charge is -2.14. The van der Waals surface area contributed by atoms with Crippen LogP contribution < -0.4 is 10.1 Å². The van der Waals surface area contributed by atoms with Gasteiger partial charge in [-0.15, -0.1) is 0 Å². The van der Waals surface area contributed by atoms with Crippen molar-refractivity contribution >= 4 is 5.69 Å². The molecule has 0 atom stereocenters. The summed E-state index contributed by atoms with van der Waals surface area (Å²) in [6.07, 6.45) is -3.12. The maximum absolute atomic E-state index is 12.9. The molecule has 2 rings (SSSR count). The summed E-state index contributed by atoms with van der Waals surface area (Å²) in [4.78, 5) is 3.78. The Balaban J connectivity index is 2.17. The van der Waals surface area contributed by atoms with E-state index in [9.17, 15) is 18.3 Å². The molecule has 0 radical (unpaired) electrons. The Hall–Kier alpha value is -2.28. The normalized spacial score (nSPS) is 11.3. The second kappa shape index (κ2) is 6.65. The lowest BCUT2D eigenvalue weighted by molar-refractivity contribution is -0.138. The Bertz CT molecular complexity index is 645. The van der Waals surface area contributed by atoms with Gasteiger partial charge < -0.3 is 15.2 Å². The third kappa shape index (κ3) is 3.67. The molecule has 0 unspecified atom stereocenters. The van der Waals surface area contributed by atoms with Crippen LogP contribution in [0.2, 0.25) is 0 Å². The number of anilines is 1. The van der Waals surface area contributed by atoms with Crippen molar-refractivity contribution in [3.8, 4) is 5.75 Å². The Morgan fingerprint density at radius 3 is 2.68 bits per heavy atom. The number of aromatic nitrogens is 1. The molecule has 2 aromatic rings. The number of hydrogen-bond donors (Lipinski definition) is 2. The maximum Gasteiger partial charge on any atom is 0.418 e. The van der Waals surface area contributed by atoms with Gasteiger partial charge in [0.25, 0.3) is 0 Å². The number of methoxy groups -OCH3 is 1. The van der Waals surface area contributed by atoms with Crippen molar-refractivity contribution in [2.24, 2.45) is 0 Å². The van der Waals surface area contributed by atoms with Gasteiger partial charge in [0.05, 0.1) is 31.5 Å². The first-order valence-corrected chi connectivity index (χ1v) is 6.48. The van der Waals surface area contributed by atoms with Crippen molar-refractivity contribution < 1.29 is 23.0 Å². The zero-order valence-corrected chi connectivity index (χ0v) is 11.8. The number of ether oxygens (including phenoxy) is 1. The van der Waals surface area contributed by atoms with Gasteiger partial charge in [-0.05, 0) is 30.3 Å². The highest BCUT2D eigenvalue weighted by Crippen LogP contribution is 2.31. The SMILES string of the molecule is COc1ccc(NCc2ncccc2C(F)(F)F)cc1CO. The molecule has 0 aliphatic carbocycles. The van der Waals surface area contributed by atoms with E-state index >= 15 is 0 Å². The van der Waals surface area contributed by atoms with Crippen molar-refractivity contribution in [2.45, 2.75) is 19.3 Å². The molecule has 22 heavy (non-hydrogen) atoms. The minimum absolute atomic E-state index is 0.0765. The molecule has 4 nitrogen and oxygen atoms in total. The molecule has 0 saturated heterocycles. The first kappa shape index (κ1) is 16.1. The molecular weight excluding hydrogens is 297 g/mol. The summed E-state index contributed by atoms with van der Waals surface area (Å²) < 4.78 is 43.7. The summed E-state index contributed by atoms with van der Waals surface area (Å²) in [5.74, 6) is 0.516. The van der Waals surface area contributed by atoms with Crippen LogP contribution in [-0.4, -0.2) is 17.2 Å². The van der Waals surface area contributed by atoms with Gasteiger partial charge in [-0.2, -0.15) is 13.2 Å². The molecule has 0 amide bonds. The minimum atomic E-state index is -4.44. The Morgan fingerprint density at radius 1 is 1.27 bits per heavy atom. The summed E-state index contributed by atoms with van der Waals surface area (Å²) >= 11 is 0. The largest absolute Gasteiger partial charge is 0.496 e. The number of hydrogen-bond acceptors (Lipinski definition) is 4. The third-order valence-corrected chi connectivity index (χ3v) is 3.11. The van der Waals surface area contributed by atoms with Crippen molar-refractivity contribution in [1.82, 2.24) is 4.98 Å². The number of benzene rings is 1. The van der Waals surface area contributed by atoms with Crippen LogP contribution in [0.25, 0.3) is 0 Å². The topological polar surface area (TPSA) is 54.4 Å². The minimum Gasteiger partial charge on any atom is -0.496 e. The van der Waals surface area contributed by atoms with Crippen LogP contribution in [0.3, 0.4) is 0 Å². The molecule has 0 spiro atoms. The van der Waals surface area contributed by atoms with Crippen LogP contribution in [-0.2, 0) is 19.3 Å². The summed E-state index contributed by atoms with van der Waals surface area (Å²) in [7, 11) is 1.48. The Morgan fingerprint density at radius 2 is 2.05 bits per heavy atom. The number of pyridine rings is 1. The van der Waals surface area contributed by atoms with Gasteiger partial charge >= 0.3 is 6.18 Å². The fourth-order valence-electron chi connectivity index (χ4n) is 2.03. The van der Waals surface area contributed by atoms with Gasteiger partial charge in [-0.3, -0.25) is 4.98 Å². The quantitative estimate of drug-likeness (QED) is 0.890. The molecule has 1 aromatic heterocycles. The van der Waals surface area contributed by atoms with Gasteiger partial charge in [0.1, 0.15) is 5.75 Å². The number of aliphatic hydroxyl groups is 1. The van der Waals surface area contributed by atoms with E-state index in [2.05, 4.69) is 10.3 Å². The third-order valence-electron chi connectivity index (χ3n) is 3.11. The van der Waals surface area contributed by atoms with Crippen LogP contribution >= 0.6 is 0 Å². The lowest BCUT2D eigenvalue weighted by atomic mass is 10.1. The zero-order chi connectivity index (χ0) is 16.2. The van der Waals surface area contributed by atoms with E-state index < -0.39 is 11.7 Å². The molecule has 118 valence electrons. The van der Waals surface area contributed by atoms with E-state index in [4.69, 9.17) is 4.74 Å². The van der Waals surface area contributed by atoms with Crippen molar-refractivity contribution in [2.75, 3.05) is 12.4 Å². The van der Waals surface area contributed by atoms with Gasteiger partial charge in [0.15, 0.2) is 0 Å². The molecule has 1 heterocycles. The molecule has 0 aliphatic rings.